The van der Waals surface area contributed by atoms with Crippen LogP contribution in [0.5, 0.6) is 0 Å². The summed E-state index contributed by atoms with van der Waals surface area (Å²) in [5.41, 5.74) is 1.68. The predicted molar refractivity (Wildman–Crippen MR) is 77.7 cm³/mol. The summed E-state index contributed by atoms with van der Waals surface area (Å²) in [6, 6.07) is 7.42. The first-order valence-corrected chi connectivity index (χ1v) is 7.19. The second-order valence-corrected chi connectivity index (χ2v) is 5.33. The van der Waals surface area contributed by atoms with E-state index in [1.54, 1.807) is 4.90 Å². The summed E-state index contributed by atoms with van der Waals surface area (Å²) >= 11 is 0. The van der Waals surface area contributed by atoms with Crippen LogP contribution in [-0.2, 0) is 9.59 Å². The van der Waals surface area contributed by atoms with Crippen molar-refractivity contribution in [1.29, 1.82) is 0 Å². The van der Waals surface area contributed by atoms with Crippen LogP contribution < -0.4 is 15.5 Å². The zero-order valence-corrected chi connectivity index (χ0v) is 11.4. The van der Waals surface area contributed by atoms with Crippen molar-refractivity contribution in [1.82, 2.24) is 5.32 Å². The quantitative estimate of drug-likeness (QED) is 0.877. The topological polar surface area (TPSA) is 61.4 Å². The fourth-order valence-corrected chi connectivity index (χ4v) is 2.78. The Hall–Kier alpha value is -1.88. The van der Waals surface area contributed by atoms with Crippen molar-refractivity contribution in [2.24, 2.45) is 0 Å². The van der Waals surface area contributed by atoms with Gasteiger partial charge in [-0.25, -0.2) is 0 Å². The van der Waals surface area contributed by atoms with E-state index in [0.29, 0.717) is 6.42 Å². The van der Waals surface area contributed by atoms with Crippen LogP contribution in [0.3, 0.4) is 0 Å². The fraction of sp³-hybridized carbons (Fsp3) is 0.467. The van der Waals surface area contributed by atoms with Gasteiger partial charge in [0.25, 0.3) is 0 Å². The molecule has 0 radical (unpaired) electrons. The number of benzene rings is 1. The van der Waals surface area contributed by atoms with Crippen LogP contribution in [0.4, 0.5) is 11.4 Å². The molecule has 2 fully saturated rings. The summed E-state index contributed by atoms with van der Waals surface area (Å²) < 4.78 is 0. The maximum Gasteiger partial charge on any atom is 0.241 e. The van der Waals surface area contributed by atoms with Crippen LogP contribution in [0.15, 0.2) is 24.3 Å². The molecule has 2 saturated heterocycles. The molecule has 2 N–H and O–H groups in total. The van der Waals surface area contributed by atoms with Crippen LogP contribution in [0.2, 0.25) is 0 Å². The van der Waals surface area contributed by atoms with Gasteiger partial charge in [-0.05, 0) is 50.1 Å². The van der Waals surface area contributed by atoms with Gasteiger partial charge in [0.1, 0.15) is 0 Å². The van der Waals surface area contributed by atoms with E-state index in [9.17, 15) is 9.59 Å². The van der Waals surface area contributed by atoms with Gasteiger partial charge < -0.3 is 15.5 Å². The Morgan fingerprint density at radius 2 is 2.05 bits per heavy atom. The highest BCUT2D eigenvalue weighted by atomic mass is 16.2. The monoisotopic (exact) mass is 273 g/mol. The van der Waals surface area contributed by atoms with Gasteiger partial charge in [-0.2, -0.15) is 0 Å². The number of nitrogens with one attached hydrogen (secondary N) is 2. The molecule has 3 rings (SSSR count). The lowest BCUT2D eigenvalue weighted by Gasteiger charge is -2.16. The molecule has 106 valence electrons. The Morgan fingerprint density at radius 3 is 2.65 bits per heavy atom. The van der Waals surface area contributed by atoms with Crippen molar-refractivity contribution in [2.45, 2.75) is 31.7 Å². The smallest absolute Gasteiger partial charge is 0.241 e. The zero-order chi connectivity index (χ0) is 13.9. The standard InChI is InChI=1S/C15H19N3O2/c19-14-4-2-10-18(14)12-7-5-11(6-8-12)17-15(20)13-3-1-9-16-13/h5-8,13,16H,1-4,9-10H2,(H,17,20)/t13-/m1/s1. The lowest BCUT2D eigenvalue weighted by Crippen LogP contribution is -2.35. The molecule has 0 saturated carbocycles. The molecular weight excluding hydrogens is 254 g/mol. The molecule has 5 heteroatoms. The van der Waals surface area contributed by atoms with Crippen molar-refractivity contribution in [2.75, 3.05) is 23.3 Å². The molecular formula is C15H19N3O2. The van der Waals surface area contributed by atoms with Crippen molar-refractivity contribution < 1.29 is 9.59 Å². The number of carbonyl (C=O) groups is 2. The highest BCUT2D eigenvalue weighted by Gasteiger charge is 2.23. The van der Waals surface area contributed by atoms with Gasteiger partial charge in [-0.15, -0.1) is 0 Å². The summed E-state index contributed by atoms with van der Waals surface area (Å²) in [6.45, 7) is 1.70. The fourth-order valence-electron chi connectivity index (χ4n) is 2.78. The highest BCUT2D eigenvalue weighted by Crippen LogP contribution is 2.23. The summed E-state index contributed by atoms with van der Waals surface area (Å²) in [7, 11) is 0. The molecule has 5 nitrogen and oxygen atoms in total. The molecule has 0 bridgehead atoms. The van der Waals surface area contributed by atoms with Gasteiger partial charge in [-0.3, -0.25) is 9.59 Å². The summed E-state index contributed by atoms with van der Waals surface area (Å²) in [5.74, 6) is 0.199. The number of hydrogen-bond acceptors (Lipinski definition) is 3. The number of anilines is 2. The molecule has 1 aromatic carbocycles. The van der Waals surface area contributed by atoms with Crippen LogP contribution in [0.1, 0.15) is 25.7 Å². The molecule has 2 heterocycles. The van der Waals surface area contributed by atoms with E-state index in [0.717, 1.165) is 43.7 Å². The number of carbonyl (C=O) groups excluding carboxylic acids is 2. The number of hydrogen-bond donors (Lipinski definition) is 2. The van der Waals surface area contributed by atoms with Crippen molar-refractivity contribution in [3.8, 4) is 0 Å². The lowest BCUT2D eigenvalue weighted by molar-refractivity contribution is -0.118. The third kappa shape index (κ3) is 2.67. The van der Waals surface area contributed by atoms with Crippen LogP contribution in [-0.4, -0.2) is 30.9 Å². The first-order chi connectivity index (χ1) is 9.74. The summed E-state index contributed by atoms with van der Waals surface area (Å²) in [4.78, 5) is 25.4. The van der Waals surface area contributed by atoms with E-state index in [-0.39, 0.29) is 17.9 Å². The second kappa shape index (κ2) is 5.63. The molecule has 0 spiro atoms. The third-order valence-corrected chi connectivity index (χ3v) is 3.90. The largest absolute Gasteiger partial charge is 0.325 e. The minimum absolute atomic E-state index is 0.0208. The van der Waals surface area contributed by atoms with E-state index in [1.807, 2.05) is 24.3 Å². The maximum atomic E-state index is 12.0. The van der Waals surface area contributed by atoms with Gasteiger partial charge in [0, 0.05) is 24.3 Å². The molecule has 20 heavy (non-hydrogen) atoms. The average molecular weight is 273 g/mol. The van der Waals surface area contributed by atoms with Gasteiger partial charge in [0.15, 0.2) is 0 Å². The van der Waals surface area contributed by atoms with Gasteiger partial charge in [0.05, 0.1) is 6.04 Å². The third-order valence-electron chi connectivity index (χ3n) is 3.90. The minimum Gasteiger partial charge on any atom is -0.325 e. The van der Waals surface area contributed by atoms with Gasteiger partial charge in [0.2, 0.25) is 11.8 Å². The van der Waals surface area contributed by atoms with Crippen LogP contribution >= 0.6 is 0 Å². The Morgan fingerprint density at radius 1 is 1.25 bits per heavy atom. The zero-order valence-electron chi connectivity index (χ0n) is 11.4. The summed E-state index contributed by atoms with van der Waals surface area (Å²) in [6.07, 6.45) is 3.50. The average Bonchev–Trinajstić information content (AvgIpc) is 3.11. The van der Waals surface area contributed by atoms with Gasteiger partial charge in [-0.1, -0.05) is 0 Å². The molecule has 0 aromatic heterocycles. The summed E-state index contributed by atoms with van der Waals surface area (Å²) in [5, 5.41) is 6.08. The molecule has 2 aliphatic rings. The first kappa shape index (κ1) is 13.1. The highest BCUT2D eigenvalue weighted by molar-refractivity contribution is 5.97. The Kier molecular flexibility index (Phi) is 3.69. The molecule has 1 atom stereocenters. The molecule has 2 aliphatic heterocycles. The molecule has 0 unspecified atom stereocenters. The normalized spacial score (nSPS) is 22.3. The van der Waals surface area contributed by atoms with Crippen LogP contribution in [0, 0.1) is 0 Å². The van der Waals surface area contributed by atoms with Crippen molar-refractivity contribution in [3.05, 3.63) is 24.3 Å². The SMILES string of the molecule is O=C(Nc1ccc(N2CCCC2=O)cc1)[C@H]1CCCN1. The van der Waals surface area contributed by atoms with E-state index in [2.05, 4.69) is 10.6 Å². The number of nitrogens with zero attached hydrogens (tertiary/aromatic N) is 1. The predicted octanol–water partition coefficient (Wildman–Crippen LogP) is 1.50. The molecule has 0 aliphatic carbocycles. The Labute approximate surface area is 118 Å². The molecule has 1 aromatic rings. The molecule has 2 amide bonds. The van der Waals surface area contributed by atoms with Gasteiger partial charge >= 0.3 is 0 Å². The Balaban J connectivity index is 1.63. The number of amides is 2. The number of rotatable bonds is 3. The maximum absolute atomic E-state index is 12.0. The van der Waals surface area contributed by atoms with E-state index < -0.39 is 0 Å². The Bertz CT molecular complexity index is 506. The van der Waals surface area contributed by atoms with Crippen LogP contribution in [0.25, 0.3) is 0 Å². The lowest BCUT2D eigenvalue weighted by atomic mass is 10.2. The van der Waals surface area contributed by atoms with E-state index in [4.69, 9.17) is 0 Å². The van der Waals surface area contributed by atoms with Crippen molar-refractivity contribution in [3.63, 3.8) is 0 Å². The van der Waals surface area contributed by atoms with E-state index >= 15 is 0 Å². The van der Waals surface area contributed by atoms with E-state index in [1.165, 1.54) is 0 Å². The van der Waals surface area contributed by atoms with Crippen molar-refractivity contribution >= 4 is 23.2 Å². The second-order valence-electron chi connectivity index (χ2n) is 5.33. The first-order valence-electron chi connectivity index (χ1n) is 7.19. The minimum atomic E-state index is -0.0742.